The van der Waals surface area contributed by atoms with E-state index in [0.29, 0.717) is 35.7 Å². The first-order chi connectivity index (χ1) is 25.2. The Hall–Kier alpha value is -5.90. The van der Waals surface area contributed by atoms with Gasteiger partial charge in [-0.15, -0.1) is 0 Å². The summed E-state index contributed by atoms with van der Waals surface area (Å²) in [7, 11) is 2.97. The number of aliphatic imine (C=N–C) groups is 2. The Balaban J connectivity index is -0.000000220. The molecule has 22 nitrogen and oxygen atoms in total. The molecule has 0 saturated heterocycles. The molecule has 309 valence electrons. The van der Waals surface area contributed by atoms with Crippen LogP contribution >= 0.6 is 0 Å². The summed E-state index contributed by atoms with van der Waals surface area (Å²) in [6.07, 6.45) is 8.22. The van der Waals surface area contributed by atoms with Crippen molar-refractivity contribution in [2.24, 2.45) is 9.98 Å². The number of aromatic nitrogens is 2. The number of methoxy groups -OCH3 is 2. The molecule has 56 heavy (non-hydrogen) atoms. The Morgan fingerprint density at radius 3 is 1.21 bits per heavy atom. The third-order valence-electron chi connectivity index (χ3n) is 5.37. The van der Waals surface area contributed by atoms with Crippen molar-refractivity contribution in [2.75, 3.05) is 27.3 Å². The molecular formula is C32H36DyN8NiO14-. The Labute approximate surface area is 360 Å². The molecule has 0 spiro atoms. The van der Waals surface area contributed by atoms with E-state index in [1.807, 2.05) is 36.4 Å². The van der Waals surface area contributed by atoms with Crippen molar-refractivity contribution in [2.45, 2.75) is 19.8 Å². The SMILES string of the molecule is CC#N.COc1cccc(C=NCCc2ccccn2)c1[O-].COc1cccc(C=NCCc2ccccn2)c1[O-].O=[N+]([O-])[O-].O=[N+]([O-])[O-].O=[N+]([O-])[O-].[Dy].[Ni+3].[OH3+]. The fraction of sp³-hybridized carbons (Fsp3) is 0.219. The van der Waals surface area contributed by atoms with Crippen molar-refractivity contribution in [1.82, 2.24) is 9.97 Å². The maximum absolute atomic E-state index is 11.8. The van der Waals surface area contributed by atoms with Crippen LogP contribution in [0.2, 0.25) is 0 Å². The normalized spacial score (nSPS) is 8.75. The van der Waals surface area contributed by atoms with Gasteiger partial charge >= 0.3 is 16.5 Å². The summed E-state index contributed by atoms with van der Waals surface area (Å²) in [5.74, 6) is 0.417. The van der Waals surface area contributed by atoms with Crippen molar-refractivity contribution in [3.63, 3.8) is 0 Å². The maximum Gasteiger partial charge on any atom is 3.00 e. The van der Waals surface area contributed by atoms with E-state index in [-0.39, 0.29) is 71.6 Å². The molecule has 0 aliphatic carbocycles. The minimum Gasteiger partial charge on any atom is -0.870 e. The van der Waals surface area contributed by atoms with Crippen molar-refractivity contribution >= 4 is 12.4 Å². The number of para-hydroxylation sites is 2. The van der Waals surface area contributed by atoms with Gasteiger partial charge in [0, 0.05) is 107 Å². The van der Waals surface area contributed by atoms with Crippen LogP contribution in [0.15, 0.2) is 95.2 Å². The van der Waals surface area contributed by atoms with Gasteiger partial charge in [-0.2, -0.15) is 5.26 Å². The van der Waals surface area contributed by atoms with Crippen LogP contribution in [0.1, 0.15) is 29.4 Å². The van der Waals surface area contributed by atoms with Crippen LogP contribution in [-0.2, 0) is 34.8 Å². The number of benzene rings is 2. The van der Waals surface area contributed by atoms with E-state index < -0.39 is 15.3 Å². The molecule has 1 radical (unpaired) electrons. The van der Waals surface area contributed by atoms with E-state index in [4.69, 9.17) is 60.7 Å². The van der Waals surface area contributed by atoms with Crippen LogP contribution in [-0.4, -0.2) is 65.0 Å². The van der Waals surface area contributed by atoms with Crippen molar-refractivity contribution in [1.29, 1.82) is 5.26 Å². The Morgan fingerprint density at radius 1 is 0.661 bits per heavy atom. The molecule has 2 aromatic heterocycles. The van der Waals surface area contributed by atoms with Gasteiger partial charge in [0.05, 0.1) is 35.5 Å². The zero-order valence-corrected chi connectivity index (χ0v) is 32.7. The van der Waals surface area contributed by atoms with E-state index in [2.05, 4.69) is 20.0 Å². The van der Waals surface area contributed by atoms with E-state index in [9.17, 15) is 10.2 Å². The number of hydrogen-bond acceptors (Lipinski definition) is 18. The van der Waals surface area contributed by atoms with E-state index >= 15 is 0 Å². The van der Waals surface area contributed by atoms with Gasteiger partial charge in [-0.3, -0.25) is 20.0 Å². The summed E-state index contributed by atoms with van der Waals surface area (Å²) in [5, 5.41) is 75.2. The smallest absolute Gasteiger partial charge is 0.870 e. The van der Waals surface area contributed by atoms with Crippen LogP contribution < -0.4 is 19.7 Å². The van der Waals surface area contributed by atoms with Gasteiger partial charge in [0.25, 0.3) is 0 Å². The average molecular weight is 978 g/mol. The summed E-state index contributed by atoms with van der Waals surface area (Å²) < 4.78 is 9.95. The molecule has 0 fully saturated rings. The monoisotopic (exact) mass is 978 g/mol. The maximum atomic E-state index is 11.8. The molecule has 2 aromatic carbocycles. The van der Waals surface area contributed by atoms with E-state index in [0.717, 1.165) is 24.2 Å². The standard InChI is InChI=1S/2C15H16N2O2.C2H3N.Dy.3NO3.Ni.H2O/c2*1-19-14-7-4-5-12(15(14)18)11-16-10-8-13-6-2-3-9-17-13;1-2-3;;3*2-1(3)4;;/h2*2-7,9,11,18H,8,10H2,1H3;1H3;;;;;;1H2/q;;;;3*-1;+3;/p-1. The van der Waals surface area contributed by atoms with Gasteiger partial charge in [-0.1, -0.05) is 47.9 Å². The quantitative estimate of drug-likeness (QED) is 0.0724. The molecule has 4 aromatic rings. The average Bonchev–Trinajstić information content (AvgIpc) is 3.11. The summed E-state index contributed by atoms with van der Waals surface area (Å²) in [4.78, 5) is 41.7. The number of hydrogen-bond donors (Lipinski definition) is 0. The number of nitrogens with zero attached hydrogens (tertiary/aromatic N) is 8. The predicted octanol–water partition coefficient (Wildman–Crippen LogP) is 2.54. The minimum absolute atomic E-state index is 0. The second-order valence-corrected chi connectivity index (χ2v) is 8.86. The largest absolute Gasteiger partial charge is 3.00 e. The third kappa shape index (κ3) is 33.9. The molecule has 0 aliphatic heterocycles. The summed E-state index contributed by atoms with van der Waals surface area (Å²) >= 11 is 0. The number of pyridine rings is 2. The molecule has 0 unspecified atom stereocenters. The van der Waals surface area contributed by atoms with Gasteiger partial charge < -0.3 is 71.1 Å². The summed E-state index contributed by atoms with van der Waals surface area (Å²) in [6.45, 7) is 2.64. The molecule has 0 amide bonds. The van der Waals surface area contributed by atoms with Crippen molar-refractivity contribution in [3.05, 3.63) is 154 Å². The van der Waals surface area contributed by atoms with Crippen LogP contribution in [0.3, 0.4) is 0 Å². The molecule has 24 heteroatoms. The van der Waals surface area contributed by atoms with Crippen molar-refractivity contribution < 1.29 is 95.1 Å². The van der Waals surface area contributed by atoms with Crippen LogP contribution in [0.5, 0.6) is 23.0 Å². The molecular weight excluding hydrogens is 942 g/mol. The van der Waals surface area contributed by atoms with Crippen molar-refractivity contribution in [3.8, 4) is 29.1 Å². The molecule has 0 atom stereocenters. The zero-order valence-electron chi connectivity index (χ0n) is 29.7. The Morgan fingerprint density at radius 2 is 0.964 bits per heavy atom. The first-order valence-corrected chi connectivity index (χ1v) is 14.5. The first kappa shape index (κ1) is 59.4. The summed E-state index contributed by atoms with van der Waals surface area (Å²) in [6, 6.07) is 23.6. The fourth-order valence-corrected chi connectivity index (χ4v) is 3.37. The first-order valence-electron chi connectivity index (χ1n) is 14.5. The predicted molar refractivity (Wildman–Crippen MR) is 193 cm³/mol. The third-order valence-corrected chi connectivity index (χ3v) is 5.37. The molecule has 0 aliphatic rings. The number of nitriles is 1. The van der Waals surface area contributed by atoms with E-state index in [1.54, 1.807) is 67.3 Å². The van der Waals surface area contributed by atoms with Gasteiger partial charge in [0.1, 0.15) is 11.5 Å². The number of rotatable bonds is 10. The minimum atomic E-state index is -1.75. The van der Waals surface area contributed by atoms with Gasteiger partial charge in [0.15, 0.2) is 0 Å². The molecule has 0 saturated carbocycles. The zero-order chi connectivity index (χ0) is 40.4. The summed E-state index contributed by atoms with van der Waals surface area (Å²) in [5.41, 5.74) is 3.07. The fourth-order valence-electron chi connectivity index (χ4n) is 3.37. The van der Waals surface area contributed by atoms with Crippen LogP contribution in [0.25, 0.3) is 0 Å². The second kappa shape index (κ2) is 38.8. The van der Waals surface area contributed by atoms with Gasteiger partial charge in [-0.05, 0) is 47.5 Å². The molecule has 2 heterocycles. The second-order valence-electron chi connectivity index (χ2n) is 8.86. The molecule has 4 rings (SSSR count). The van der Waals surface area contributed by atoms with Crippen LogP contribution in [0, 0.1) is 95.5 Å². The Bertz CT molecular complexity index is 1600. The van der Waals surface area contributed by atoms with Crippen LogP contribution in [0.4, 0.5) is 0 Å². The van der Waals surface area contributed by atoms with Gasteiger partial charge in [0.2, 0.25) is 0 Å². The Kier molecular flexibility index (Phi) is 41.1. The molecule has 0 bridgehead atoms. The van der Waals surface area contributed by atoms with E-state index in [1.165, 1.54) is 21.1 Å². The topological polar surface area (TPSA) is 370 Å². The molecule has 3 N–H and O–H groups in total. The number of ether oxygens (including phenoxy) is 2. The van der Waals surface area contributed by atoms with Gasteiger partial charge in [-0.25, -0.2) is 0 Å².